The molecule has 0 aliphatic heterocycles. The van der Waals surface area contributed by atoms with Crippen LogP contribution in [0.4, 0.5) is 0 Å². The Balaban J connectivity index is 4.65. The molecule has 0 rings (SSSR count). The van der Waals surface area contributed by atoms with E-state index in [1.54, 1.807) is 0 Å². The van der Waals surface area contributed by atoms with Gasteiger partial charge in [0.1, 0.15) is 5.72 Å². The molecule has 0 amide bonds. The van der Waals surface area contributed by atoms with Crippen molar-refractivity contribution in [3.05, 3.63) is 0 Å². The van der Waals surface area contributed by atoms with Gasteiger partial charge in [0.05, 0.1) is 0 Å². The molecule has 0 radical (unpaired) electrons. The number of nitrogens with zero attached hydrogens (tertiary/aromatic N) is 1. The van der Waals surface area contributed by atoms with Crippen LogP contribution in [0, 0.1) is 0 Å². The first-order valence-corrected chi connectivity index (χ1v) is 10.1. The minimum atomic E-state index is -0.549. The van der Waals surface area contributed by atoms with Gasteiger partial charge in [-0.05, 0) is 38.5 Å². The van der Waals surface area contributed by atoms with Crippen LogP contribution in [0.1, 0.15) is 111 Å². The van der Waals surface area contributed by atoms with Gasteiger partial charge in [0.25, 0.3) is 0 Å². The van der Waals surface area contributed by atoms with Gasteiger partial charge in [0.15, 0.2) is 0 Å². The Morgan fingerprint density at radius 2 is 1.09 bits per heavy atom. The van der Waals surface area contributed by atoms with E-state index < -0.39 is 5.72 Å². The smallest absolute Gasteiger partial charge is 0.118 e. The van der Waals surface area contributed by atoms with Crippen LogP contribution in [0.3, 0.4) is 0 Å². The Labute approximate surface area is 140 Å². The minimum Gasteiger partial charge on any atom is -0.376 e. The van der Waals surface area contributed by atoms with Crippen LogP contribution >= 0.6 is 0 Å². The van der Waals surface area contributed by atoms with Crippen molar-refractivity contribution in [2.24, 2.45) is 0 Å². The lowest BCUT2D eigenvalue weighted by atomic mass is 9.96. The monoisotopic (exact) mass is 313 g/mol. The summed E-state index contributed by atoms with van der Waals surface area (Å²) in [6.07, 6.45) is 15.4. The molecular weight excluding hydrogens is 270 g/mol. The summed E-state index contributed by atoms with van der Waals surface area (Å²) in [5.74, 6) is 0. The van der Waals surface area contributed by atoms with Gasteiger partial charge in [-0.2, -0.15) is 0 Å². The maximum absolute atomic E-state index is 11.3. The van der Waals surface area contributed by atoms with Crippen molar-refractivity contribution >= 4 is 0 Å². The second-order valence-corrected chi connectivity index (χ2v) is 6.94. The largest absolute Gasteiger partial charge is 0.376 e. The predicted octanol–water partition coefficient (Wildman–Crippen LogP) is 6.13. The topological polar surface area (TPSA) is 23.5 Å². The molecule has 22 heavy (non-hydrogen) atoms. The molecular formula is C20H43NO. The molecule has 2 nitrogen and oxygen atoms in total. The highest BCUT2D eigenvalue weighted by atomic mass is 16.3. The predicted molar refractivity (Wildman–Crippen MR) is 99.2 cm³/mol. The summed E-state index contributed by atoms with van der Waals surface area (Å²) in [7, 11) is 0. The number of rotatable bonds is 16. The first kappa shape index (κ1) is 21.9. The van der Waals surface area contributed by atoms with Crippen molar-refractivity contribution in [3.63, 3.8) is 0 Å². The highest BCUT2D eigenvalue weighted by Gasteiger charge is 2.32. The normalized spacial score (nSPS) is 14.5. The summed E-state index contributed by atoms with van der Waals surface area (Å²) < 4.78 is 0. The van der Waals surface area contributed by atoms with Gasteiger partial charge in [0, 0.05) is 13.1 Å². The van der Waals surface area contributed by atoms with E-state index in [4.69, 9.17) is 0 Å². The van der Waals surface area contributed by atoms with Crippen LogP contribution in [-0.2, 0) is 0 Å². The molecule has 1 atom stereocenters. The van der Waals surface area contributed by atoms with Crippen LogP contribution in [0.5, 0.6) is 0 Å². The van der Waals surface area contributed by atoms with Gasteiger partial charge in [-0.25, -0.2) is 0 Å². The summed E-state index contributed by atoms with van der Waals surface area (Å²) in [6, 6.07) is 0. The number of hydrogen-bond donors (Lipinski definition) is 1. The minimum absolute atomic E-state index is 0.549. The average molecular weight is 314 g/mol. The molecule has 0 aliphatic rings. The van der Waals surface area contributed by atoms with Crippen molar-refractivity contribution < 1.29 is 5.11 Å². The van der Waals surface area contributed by atoms with Crippen molar-refractivity contribution in [3.8, 4) is 0 Å². The Hall–Kier alpha value is -0.0800. The molecule has 0 aliphatic carbocycles. The molecule has 1 unspecified atom stereocenters. The van der Waals surface area contributed by atoms with Gasteiger partial charge >= 0.3 is 0 Å². The van der Waals surface area contributed by atoms with E-state index in [2.05, 4.69) is 32.6 Å². The Bertz CT molecular complexity index is 232. The van der Waals surface area contributed by atoms with Crippen LogP contribution < -0.4 is 0 Å². The third-order valence-electron chi connectivity index (χ3n) is 4.76. The summed E-state index contributed by atoms with van der Waals surface area (Å²) in [6.45, 7) is 11.1. The second-order valence-electron chi connectivity index (χ2n) is 6.94. The molecule has 134 valence electrons. The summed E-state index contributed by atoms with van der Waals surface area (Å²) in [5.41, 5.74) is -0.549. The molecule has 0 aromatic rings. The molecule has 0 saturated carbocycles. The summed E-state index contributed by atoms with van der Waals surface area (Å²) in [4.78, 5) is 2.43. The standard InChI is InChI=1S/C20H43NO/c1-5-9-13-15-19-21(18-12-8-4)20(22,16-11-7-3)17-14-10-6-2/h22H,5-19H2,1-4H3. The van der Waals surface area contributed by atoms with Gasteiger partial charge in [0.2, 0.25) is 0 Å². The van der Waals surface area contributed by atoms with Crippen molar-refractivity contribution in [2.45, 2.75) is 117 Å². The van der Waals surface area contributed by atoms with Gasteiger partial charge in [-0.15, -0.1) is 0 Å². The van der Waals surface area contributed by atoms with Gasteiger partial charge in [-0.1, -0.05) is 72.6 Å². The van der Waals surface area contributed by atoms with E-state index in [9.17, 15) is 5.11 Å². The number of hydrogen-bond acceptors (Lipinski definition) is 2. The lowest BCUT2D eigenvalue weighted by Crippen LogP contribution is -2.49. The fraction of sp³-hybridized carbons (Fsp3) is 1.00. The number of aliphatic hydroxyl groups is 1. The van der Waals surface area contributed by atoms with Crippen molar-refractivity contribution in [1.29, 1.82) is 0 Å². The van der Waals surface area contributed by atoms with Crippen molar-refractivity contribution in [1.82, 2.24) is 4.90 Å². The molecule has 0 aromatic heterocycles. The van der Waals surface area contributed by atoms with E-state index in [1.807, 2.05) is 0 Å². The fourth-order valence-corrected chi connectivity index (χ4v) is 3.17. The van der Waals surface area contributed by atoms with E-state index >= 15 is 0 Å². The second kappa shape index (κ2) is 14.5. The molecule has 1 N–H and O–H groups in total. The summed E-state index contributed by atoms with van der Waals surface area (Å²) in [5, 5.41) is 11.3. The lowest BCUT2D eigenvalue weighted by Gasteiger charge is -2.40. The molecule has 0 bridgehead atoms. The molecule has 0 heterocycles. The zero-order valence-electron chi connectivity index (χ0n) is 16.0. The van der Waals surface area contributed by atoms with E-state index in [0.29, 0.717) is 0 Å². The third-order valence-corrected chi connectivity index (χ3v) is 4.76. The lowest BCUT2D eigenvalue weighted by molar-refractivity contribution is -0.124. The SMILES string of the molecule is CCCCCCN(CCCC)C(O)(CCCC)CCCCC. The van der Waals surface area contributed by atoms with E-state index in [0.717, 1.165) is 38.8 Å². The molecule has 0 saturated heterocycles. The van der Waals surface area contributed by atoms with Gasteiger partial charge in [-0.3, -0.25) is 4.90 Å². The van der Waals surface area contributed by atoms with Crippen molar-refractivity contribution in [2.75, 3.05) is 13.1 Å². The van der Waals surface area contributed by atoms with Crippen LogP contribution in [0.25, 0.3) is 0 Å². The van der Waals surface area contributed by atoms with Crippen LogP contribution in [-0.4, -0.2) is 28.8 Å². The highest BCUT2D eigenvalue weighted by Crippen LogP contribution is 2.27. The zero-order chi connectivity index (χ0) is 16.7. The molecule has 2 heteroatoms. The van der Waals surface area contributed by atoms with Crippen LogP contribution in [0.2, 0.25) is 0 Å². The van der Waals surface area contributed by atoms with E-state index in [-0.39, 0.29) is 0 Å². The Kier molecular flexibility index (Phi) is 14.5. The molecule has 0 spiro atoms. The quantitative estimate of drug-likeness (QED) is 0.274. The maximum atomic E-state index is 11.3. The average Bonchev–Trinajstić information content (AvgIpc) is 2.52. The fourth-order valence-electron chi connectivity index (χ4n) is 3.17. The maximum Gasteiger partial charge on any atom is 0.118 e. The molecule has 0 fully saturated rings. The third kappa shape index (κ3) is 9.84. The zero-order valence-corrected chi connectivity index (χ0v) is 16.0. The first-order chi connectivity index (χ1) is 10.6. The van der Waals surface area contributed by atoms with Gasteiger partial charge < -0.3 is 5.11 Å². The Morgan fingerprint density at radius 3 is 1.68 bits per heavy atom. The first-order valence-electron chi connectivity index (χ1n) is 10.1. The summed E-state index contributed by atoms with van der Waals surface area (Å²) >= 11 is 0. The van der Waals surface area contributed by atoms with Crippen LogP contribution in [0.15, 0.2) is 0 Å². The molecule has 0 aromatic carbocycles. The number of unbranched alkanes of at least 4 members (excludes halogenated alkanes) is 7. The Morgan fingerprint density at radius 1 is 0.591 bits per heavy atom. The highest BCUT2D eigenvalue weighted by molar-refractivity contribution is 4.80. The van der Waals surface area contributed by atoms with E-state index in [1.165, 1.54) is 57.8 Å².